The number of nitrogens with zero attached hydrogens (tertiary/aromatic N) is 3. The van der Waals surface area contributed by atoms with Crippen LogP contribution in [0.15, 0.2) is 48.8 Å². The molecule has 1 aromatic carbocycles. The largest absolute Gasteiger partial charge is 0.491 e. The monoisotopic (exact) mass is 551 g/mol. The maximum Gasteiger partial charge on any atom is 0.303 e. The van der Waals surface area contributed by atoms with Crippen molar-refractivity contribution in [3.8, 4) is 11.5 Å². The zero-order valence-corrected chi connectivity index (χ0v) is 23.6. The fourth-order valence-electron chi connectivity index (χ4n) is 5.68. The highest BCUT2D eigenvalue weighted by Gasteiger charge is 2.37. The van der Waals surface area contributed by atoms with Crippen molar-refractivity contribution in [2.75, 3.05) is 39.4 Å². The smallest absolute Gasteiger partial charge is 0.303 e. The van der Waals surface area contributed by atoms with Crippen LogP contribution in [-0.2, 0) is 9.59 Å². The third-order valence-corrected chi connectivity index (χ3v) is 8.02. The van der Waals surface area contributed by atoms with Gasteiger partial charge >= 0.3 is 5.97 Å². The first-order chi connectivity index (χ1) is 19.2. The lowest BCUT2D eigenvalue weighted by atomic mass is 9.75. The van der Waals surface area contributed by atoms with Crippen LogP contribution in [0.2, 0.25) is 0 Å². The van der Waals surface area contributed by atoms with Gasteiger partial charge in [-0.25, -0.2) is 0 Å². The first kappa shape index (κ1) is 29.4. The zero-order chi connectivity index (χ0) is 28.6. The molecule has 3 aliphatic rings. The number of benzene rings is 1. The number of amides is 2. The molecule has 216 valence electrons. The summed E-state index contributed by atoms with van der Waals surface area (Å²) in [6.45, 7) is 6.64. The standard InChI is InChI=1S/C31H41N3O6/c1-30(2,21-28(36)37)20-27(35)33-15-6-5-11-31(23-40-24-8-7-14-32-22-24)12-16-34(17-13-31)29(38)25-9-3-4-10-26(25)39-19-18-33/h3-4,7-10,14,22H,5-6,11-13,15-21,23H2,1-2H3,(H,36,37). The lowest BCUT2D eigenvalue weighted by Gasteiger charge is -2.42. The van der Waals surface area contributed by atoms with Crippen LogP contribution in [0.25, 0.3) is 0 Å². The predicted octanol–water partition coefficient (Wildman–Crippen LogP) is 4.67. The number of ether oxygens (including phenoxy) is 2. The van der Waals surface area contributed by atoms with Gasteiger partial charge in [-0.05, 0) is 55.4 Å². The quantitative estimate of drug-likeness (QED) is 0.533. The van der Waals surface area contributed by atoms with E-state index in [4.69, 9.17) is 9.47 Å². The van der Waals surface area contributed by atoms with Crippen LogP contribution < -0.4 is 9.47 Å². The van der Waals surface area contributed by atoms with Crippen LogP contribution in [-0.4, -0.2) is 77.1 Å². The van der Waals surface area contributed by atoms with E-state index in [2.05, 4.69) is 4.98 Å². The Bertz CT molecular complexity index is 1160. The molecule has 1 aromatic heterocycles. The molecular formula is C31H41N3O6. The zero-order valence-electron chi connectivity index (χ0n) is 23.6. The second-order valence-electron chi connectivity index (χ2n) is 11.9. The number of aromatic nitrogens is 1. The summed E-state index contributed by atoms with van der Waals surface area (Å²) >= 11 is 0. The molecule has 40 heavy (non-hydrogen) atoms. The van der Waals surface area contributed by atoms with Crippen LogP contribution in [0.5, 0.6) is 11.5 Å². The third-order valence-electron chi connectivity index (χ3n) is 8.02. The molecular weight excluding hydrogens is 510 g/mol. The molecule has 0 saturated carbocycles. The number of carboxylic acid groups (broad SMARTS) is 1. The highest BCUT2D eigenvalue weighted by atomic mass is 16.5. The Kier molecular flexibility index (Phi) is 9.66. The molecule has 1 fully saturated rings. The van der Waals surface area contributed by atoms with Gasteiger partial charge in [0.05, 0.1) is 31.3 Å². The lowest BCUT2D eigenvalue weighted by molar-refractivity contribution is -0.140. The Balaban J connectivity index is 1.53. The summed E-state index contributed by atoms with van der Waals surface area (Å²) in [4.78, 5) is 46.0. The summed E-state index contributed by atoms with van der Waals surface area (Å²) in [5.41, 5.74) is -0.209. The normalized spacial score (nSPS) is 18.2. The van der Waals surface area contributed by atoms with E-state index in [-0.39, 0.29) is 36.7 Å². The van der Waals surface area contributed by atoms with Crippen molar-refractivity contribution in [2.45, 2.75) is 58.8 Å². The van der Waals surface area contributed by atoms with E-state index >= 15 is 0 Å². The summed E-state index contributed by atoms with van der Waals surface area (Å²) < 4.78 is 12.2. The summed E-state index contributed by atoms with van der Waals surface area (Å²) in [6.07, 6.45) is 7.81. The number of para-hydroxylation sites is 1. The summed E-state index contributed by atoms with van der Waals surface area (Å²) in [5.74, 6) is 0.209. The maximum absolute atomic E-state index is 13.5. The number of piperidine rings is 1. The van der Waals surface area contributed by atoms with Gasteiger partial charge in [0.25, 0.3) is 5.91 Å². The molecule has 0 aliphatic carbocycles. The number of carboxylic acids is 1. The molecule has 0 atom stereocenters. The third kappa shape index (κ3) is 7.96. The van der Waals surface area contributed by atoms with Gasteiger partial charge < -0.3 is 24.4 Å². The Morgan fingerprint density at radius 3 is 2.52 bits per heavy atom. The maximum atomic E-state index is 13.5. The van der Waals surface area contributed by atoms with Gasteiger partial charge in [-0.2, -0.15) is 0 Å². The number of pyridine rings is 1. The number of hydrogen-bond donors (Lipinski definition) is 1. The number of aliphatic carboxylic acids is 1. The molecule has 0 radical (unpaired) electrons. The highest BCUT2D eigenvalue weighted by molar-refractivity contribution is 5.97. The minimum absolute atomic E-state index is 0.0457. The Morgan fingerprint density at radius 2 is 1.80 bits per heavy atom. The van der Waals surface area contributed by atoms with Crippen molar-refractivity contribution in [1.82, 2.24) is 14.8 Å². The van der Waals surface area contributed by atoms with Crippen LogP contribution in [0.4, 0.5) is 0 Å². The molecule has 2 amide bonds. The molecule has 5 rings (SSSR count). The number of carbonyl (C=O) groups excluding carboxylic acids is 2. The molecule has 9 heteroatoms. The summed E-state index contributed by atoms with van der Waals surface area (Å²) in [6, 6.07) is 11.0. The van der Waals surface area contributed by atoms with Gasteiger partial charge in [0.15, 0.2) is 0 Å². The van der Waals surface area contributed by atoms with E-state index in [0.717, 1.165) is 37.9 Å². The average molecular weight is 552 g/mol. The molecule has 4 heterocycles. The molecule has 1 N–H and O–H groups in total. The molecule has 2 bridgehead atoms. The van der Waals surface area contributed by atoms with Gasteiger partial charge in [0.1, 0.15) is 18.1 Å². The van der Waals surface area contributed by atoms with Crippen molar-refractivity contribution in [1.29, 1.82) is 0 Å². The van der Waals surface area contributed by atoms with Gasteiger partial charge in [-0.3, -0.25) is 19.4 Å². The van der Waals surface area contributed by atoms with Crippen LogP contribution in [0, 0.1) is 10.8 Å². The van der Waals surface area contributed by atoms with Crippen LogP contribution in [0.3, 0.4) is 0 Å². The first-order valence-electron chi connectivity index (χ1n) is 14.2. The van der Waals surface area contributed by atoms with E-state index in [9.17, 15) is 19.5 Å². The van der Waals surface area contributed by atoms with Gasteiger partial charge in [0.2, 0.25) is 5.91 Å². The minimum Gasteiger partial charge on any atom is -0.491 e. The summed E-state index contributed by atoms with van der Waals surface area (Å²) in [5, 5.41) is 9.27. The number of carbonyl (C=O) groups is 3. The van der Waals surface area contributed by atoms with Gasteiger partial charge in [-0.15, -0.1) is 0 Å². The fraction of sp³-hybridized carbons (Fsp3) is 0.548. The van der Waals surface area contributed by atoms with E-state index in [0.29, 0.717) is 44.1 Å². The van der Waals surface area contributed by atoms with Gasteiger partial charge in [-0.1, -0.05) is 32.4 Å². The average Bonchev–Trinajstić information content (AvgIpc) is 2.93. The Morgan fingerprint density at radius 1 is 1.02 bits per heavy atom. The van der Waals surface area contributed by atoms with E-state index in [1.165, 1.54) is 0 Å². The molecule has 0 unspecified atom stereocenters. The van der Waals surface area contributed by atoms with Crippen molar-refractivity contribution < 1.29 is 29.0 Å². The molecule has 0 spiro atoms. The molecule has 3 aliphatic heterocycles. The number of rotatable bonds is 7. The second kappa shape index (κ2) is 13.2. The fourth-order valence-corrected chi connectivity index (χ4v) is 5.68. The molecule has 9 nitrogen and oxygen atoms in total. The highest BCUT2D eigenvalue weighted by Crippen LogP contribution is 2.38. The van der Waals surface area contributed by atoms with E-state index in [1.54, 1.807) is 29.4 Å². The van der Waals surface area contributed by atoms with E-state index < -0.39 is 11.4 Å². The van der Waals surface area contributed by atoms with Crippen LogP contribution in [0.1, 0.15) is 69.2 Å². The first-order valence-corrected chi connectivity index (χ1v) is 14.2. The predicted molar refractivity (Wildman–Crippen MR) is 150 cm³/mol. The topological polar surface area (TPSA) is 109 Å². The minimum atomic E-state index is -0.913. The molecule has 2 aromatic rings. The lowest BCUT2D eigenvalue weighted by Crippen LogP contribution is -2.45. The van der Waals surface area contributed by atoms with Crippen molar-refractivity contribution in [3.05, 3.63) is 54.4 Å². The Labute approximate surface area is 236 Å². The van der Waals surface area contributed by atoms with Crippen molar-refractivity contribution >= 4 is 17.8 Å². The summed E-state index contributed by atoms with van der Waals surface area (Å²) in [7, 11) is 0. The SMILES string of the molecule is CC(C)(CC(=O)O)CC(=O)N1CCCCC2(COc3cccnc3)CCN(CC2)C(=O)c2ccccc2OCC1. The van der Waals surface area contributed by atoms with Crippen molar-refractivity contribution in [2.24, 2.45) is 10.8 Å². The molecule has 1 saturated heterocycles. The second-order valence-corrected chi connectivity index (χ2v) is 11.9. The van der Waals surface area contributed by atoms with Crippen LogP contribution >= 0.6 is 0 Å². The van der Waals surface area contributed by atoms with Crippen molar-refractivity contribution in [3.63, 3.8) is 0 Å². The Hall–Kier alpha value is -3.62. The number of fused-ring (bicyclic) bond motifs is 9. The van der Waals surface area contributed by atoms with E-state index in [1.807, 2.05) is 43.0 Å². The number of hydrogen-bond acceptors (Lipinski definition) is 6. The van der Waals surface area contributed by atoms with Gasteiger partial charge in [0, 0.05) is 37.7 Å².